The van der Waals surface area contributed by atoms with Crippen LogP contribution >= 0.6 is 0 Å². The number of amides is 4. The molecule has 0 radical (unpaired) electrons. The molecule has 2 heterocycles. The van der Waals surface area contributed by atoms with Gasteiger partial charge in [0.1, 0.15) is 17.7 Å². The van der Waals surface area contributed by atoms with E-state index in [1.807, 2.05) is 0 Å². The number of hydrogen-bond acceptors (Lipinski definition) is 5. The van der Waals surface area contributed by atoms with Gasteiger partial charge in [-0.1, -0.05) is 12.8 Å². The Balaban J connectivity index is 1.15. The topological polar surface area (TPSA) is 115 Å². The minimum absolute atomic E-state index is 0.00585. The molecule has 3 N–H and O–H groups in total. The Hall–Kier alpha value is -2.64. The zero-order chi connectivity index (χ0) is 19.5. The SMILES string of the molecule is NC(=O)c1cccnc1OC1CC2(C1)CC(N1C(=O)N[C@@H](CC3CC3)C1=O)C2. The molecule has 1 spiro atoms. The second-order valence-corrected chi connectivity index (χ2v) is 8.82. The Morgan fingerprint density at radius 2 is 2.04 bits per heavy atom. The first-order valence-corrected chi connectivity index (χ1v) is 9.99. The zero-order valence-electron chi connectivity index (χ0n) is 15.6. The highest BCUT2D eigenvalue weighted by Gasteiger charge is 2.58. The van der Waals surface area contributed by atoms with E-state index >= 15 is 0 Å². The van der Waals surface area contributed by atoms with Crippen LogP contribution in [0.1, 0.15) is 55.3 Å². The maximum atomic E-state index is 12.6. The highest BCUT2D eigenvalue weighted by Crippen LogP contribution is 2.58. The first-order valence-electron chi connectivity index (χ1n) is 9.99. The molecule has 0 bridgehead atoms. The monoisotopic (exact) mass is 384 g/mol. The summed E-state index contributed by atoms with van der Waals surface area (Å²) in [5.74, 6) is 0.273. The average molecular weight is 384 g/mol. The molecule has 3 saturated carbocycles. The molecule has 3 aliphatic carbocycles. The van der Waals surface area contributed by atoms with E-state index in [1.54, 1.807) is 18.3 Å². The summed E-state index contributed by atoms with van der Waals surface area (Å²) in [5.41, 5.74) is 5.78. The summed E-state index contributed by atoms with van der Waals surface area (Å²) in [5, 5.41) is 2.86. The van der Waals surface area contributed by atoms with Crippen molar-refractivity contribution < 1.29 is 19.1 Å². The number of carbonyl (C=O) groups is 3. The molecule has 8 heteroatoms. The Labute approximate surface area is 162 Å². The van der Waals surface area contributed by atoms with Crippen LogP contribution in [0, 0.1) is 11.3 Å². The van der Waals surface area contributed by atoms with Crippen LogP contribution in [0.2, 0.25) is 0 Å². The zero-order valence-corrected chi connectivity index (χ0v) is 15.6. The van der Waals surface area contributed by atoms with Crippen LogP contribution in [0.15, 0.2) is 18.3 Å². The Kier molecular flexibility index (Phi) is 3.86. The standard InChI is InChI=1S/C20H24N4O4/c21-16(25)14-2-1-5-22-17(14)28-13-9-20(10-13)7-12(8-20)24-18(26)15(23-19(24)27)6-11-3-4-11/h1-2,5,11-13,15H,3-4,6-10H2,(H2,21,25)(H,23,27)/t12?,13?,15-,20?/m0/s1. The van der Waals surface area contributed by atoms with Crippen molar-refractivity contribution >= 4 is 17.8 Å². The maximum Gasteiger partial charge on any atom is 0.325 e. The number of rotatable bonds is 6. The Morgan fingerprint density at radius 1 is 1.29 bits per heavy atom. The number of primary amides is 1. The van der Waals surface area contributed by atoms with E-state index in [0.29, 0.717) is 5.92 Å². The number of nitrogens with one attached hydrogen (secondary N) is 1. The molecule has 1 saturated heterocycles. The summed E-state index contributed by atoms with van der Waals surface area (Å²) in [6, 6.07) is 2.69. The molecule has 8 nitrogen and oxygen atoms in total. The van der Waals surface area contributed by atoms with Crippen LogP contribution in [-0.4, -0.2) is 45.9 Å². The molecular weight excluding hydrogens is 360 g/mol. The summed E-state index contributed by atoms with van der Waals surface area (Å²) in [4.78, 5) is 41.9. The van der Waals surface area contributed by atoms with Gasteiger partial charge in [-0.25, -0.2) is 9.78 Å². The molecule has 148 valence electrons. The number of nitrogens with zero attached hydrogens (tertiary/aromatic N) is 2. The molecule has 4 fully saturated rings. The van der Waals surface area contributed by atoms with Crippen LogP contribution in [0.25, 0.3) is 0 Å². The smallest absolute Gasteiger partial charge is 0.325 e. The third kappa shape index (κ3) is 2.91. The van der Waals surface area contributed by atoms with Crippen molar-refractivity contribution in [2.45, 2.75) is 63.1 Å². The lowest BCUT2D eigenvalue weighted by molar-refractivity contribution is -0.141. The summed E-state index contributed by atoms with van der Waals surface area (Å²) in [6.45, 7) is 0. The number of nitrogens with two attached hydrogens (primary N) is 1. The predicted molar refractivity (Wildman–Crippen MR) is 98.4 cm³/mol. The van der Waals surface area contributed by atoms with Crippen molar-refractivity contribution in [2.75, 3.05) is 0 Å². The minimum atomic E-state index is -0.555. The first kappa shape index (κ1) is 17.5. The number of aromatic nitrogens is 1. The third-order valence-electron chi connectivity index (χ3n) is 6.66. The van der Waals surface area contributed by atoms with Crippen LogP contribution in [0.4, 0.5) is 4.79 Å². The molecule has 1 aliphatic heterocycles. The molecule has 0 unspecified atom stereocenters. The van der Waals surface area contributed by atoms with E-state index in [1.165, 1.54) is 17.7 Å². The lowest BCUT2D eigenvalue weighted by Crippen LogP contribution is -2.60. The van der Waals surface area contributed by atoms with Gasteiger partial charge in [-0.15, -0.1) is 0 Å². The fourth-order valence-electron chi connectivity index (χ4n) is 5.02. The molecule has 1 atom stereocenters. The maximum absolute atomic E-state index is 12.6. The summed E-state index contributed by atoms with van der Waals surface area (Å²) >= 11 is 0. The van der Waals surface area contributed by atoms with Crippen molar-refractivity contribution in [3.63, 3.8) is 0 Å². The summed E-state index contributed by atoms with van der Waals surface area (Å²) < 4.78 is 5.87. The fourth-order valence-corrected chi connectivity index (χ4v) is 5.02. The fraction of sp³-hybridized carbons (Fsp3) is 0.600. The van der Waals surface area contributed by atoms with Gasteiger partial charge in [0.05, 0.1) is 0 Å². The average Bonchev–Trinajstić information content (AvgIpc) is 3.36. The molecule has 4 aliphatic rings. The van der Waals surface area contributed by atoms with Crippen molar-refractivity contribution in [2.24, 2.45) is 17.1 Å². The summed E-state index contributed by atoms with van der Waals surface area (Å²) in [6.07, 6.45) is 8.01. The summed E-state index contributed by atoms with van der Waals surface area (Å²) in [7, 11) is 0. The van der Waals surface area contributed by atoms with Gasteiger partial charge >= 0.3 is 6.03 Å². The normalized spacial score (nSPS) is 34.0. The van der Waals surface area contributed by atoms with Crippen LogP contribution in [0.3, 0.4) is 0 Å². The molecule has 4 amide bonds. The van der Waals surface area contributed by atoms with Gasteiger partial charge in [0.15, 0.2) is 0 Å². The number of imide groups is 1. The van der Waals surface area contributed by atoms with Crippen molar-refractivity contribution in [3.8, 4) is 5.88 Å². The number of ether oxygens (including phenoxy) is 1. The molecular formula is C20H24N4O4. The van der Waals surface area contributed by atoms with Gasteiger partial charge in [0.25, 0.3) is 11.8 Å². The van der Waals surface area contributed by atoms with Gasteiger partial charge in [-0.05, 0) is 55.6 Å². The van der Waals surface area contributed by atoms with E-state index in [-0.39, 0.29) is 47.0 Å². The molecule has 28 heavy (non-hydrogen) atoms. The van der Waals surface area contributed by atoms with Crippen molar-refractivity contribution in [3.05, 3.63) is 23.9 Å². The second-order valence-electron chi connectivity index (χ2n) is 8.82. The highest BCUT2D eigenvalue weighted by atomic mass is 16.5. The van der Waals surface area contributed by atoms with Gasteiger partial charge < -0.3 is 15.8 Å². The van der Waals surface area contributed by atoms with Crippen LogP contribution in [0.5, 0.6) is 5.88 Å². The highest BCUT2D eigenvalue weighted by molar-refractivity contribution is 6.04. The van der Waals surface area contributed by atoms with E-state index in [2.05, 4.69) is 10.3 Å². The van der Waals surface area contributed by atoms with Crippen molar-refractivity contribution in [1.82, 2.24) is 15.2 Å². The number of urea groups is 1. The van der Waals surface area contributed by atoms with Crippen LogP contribution < -0.4 is 15.8 Å². The van der Waals surface area contributed by atoms with E-state index in [0.717, 1.165) is 32.1 Å². The first-order chi connectivity index (χ1) is 13.4. The van der Waals surface area contributed by atoms with Crippen LogP contribution in [-0.2, 0) is 4.79 Å². The number of hydrogen-bond donors (Lipinski definition) is 2. The van der Waals surface area contributed by atoms with Crippen molar-refractivity contribution in [1.29, 1.82) is 0 Å². The van der Waals surface area contributed by atoms with Gasteiger partial charge in [0.2, 0.25) is 5.88 Å². The second kappa shape index (κ2) is 6.18. The van der Waals surface area contributed by atoms with Gasteiger partial charge in [0, 0.05) is 12.2 Å². The lowest BCUT2D eigenvalue weighted by atomic mass is 9.52. The minimum Gasteiger partial charge on any atom is -0.474 e. The molecule has 0 aromatic carbocycles. The quantitative estimate of drug-likeness (QED) is 0.723. The lowest BCUT2D eigenvalue weighted by Gasteiger charge is -2.58. The largest absolute Gasteiger partial charge is 0.474 e. The number of carbonyl (C=O) groups excluding carboxylic acids is 3. The Morgan fingerprint density at radius 3 is 2.71 bits per heavy atom. The third-order valence-corrected chi connectivity index (χ3v) is 6.66. The van der Waals surface area contributed by atoms with E-state index in [4.69, 9.17) is 10.5 Å². The Bertz CT molecular complexity index is 838. The molecule has 1 aromatic rings. The van der Waals surface area contributed by atoms with Gasteiger partial charge in [-0.2, -0.15) is 0 Å². The van der Waals surface area contributed by atoms with Gasteiger partial charge in [-0.3, -0.25) is 14.5 Å². The predicted octanol–water partition coefficient (Wildman–Crippen LogP) is 1.59. The van der Waals surface area contributed by atoms with E-state index in [9.17, 15) is 14.4 Å². The number of pyridine rings is 1. The van der Waals surface area contributed by atoms with E-state index < -0.39 is 5.91 Å². The molecule has 1 aromatic heterocycles. The molecule has 5 rings (SSSR count).